The lowest BCUT2D eigenvalue weighted by atomic mass is 10.2. The molecule has 0 saturated carbocycles. The molecule has 4 heteroatoms. The Kier molecular flexibility index (Phi) is 8.18. The minimum Gasteiger partial charge on any atom is -0.475 e. The van der Waals surface area contributed by atoms with Crippen molar-refractivity contribution in [2.45, 2.75) is 40.2 Å². The monoisotopic (exact) mass is 266 g/mol. The van der Waals surface area contributed by atoms with E-state index < -0.39 is 0 Å². The summed E-state index contributed by atoms with van der Waals surface area (Å²) >= 11 is 0. The minimum atomic E-state index is 0.555. The van der Waals surface area contributed by atoms with Crippen molar-refractivity contribution in [3.05, 3.63) is 23.4 Å². The number of hydrogen-bond donors (Lipinski definition) is 1. The Morgan fingerprint density at radius 1 is 1.11 bits per heavy atom. The molecule has 0 aliphatic rings. The van der Waals surface area contributed by atoms with Gasteiger partial charge in [0.2, 0.25) is 5.88 Å². The molecular formula is C15H26N2O2. The molecular weight excluding hydrogens is 240 g/mol. The molecule has 0 saturated heterocycles. The number of nitrogens with one attached hydrogen (secondary N) is 1. The van der Waals surface area contributed by atoms with Crippen molar-refractivity contribution in [3.63, 3.8) is 0 Å². The van der Waals surface area contributed by atoms with Crippen LogP contribution in [0.2, 0.25) is 0 Å². The molecule has 0 bridgehead atoms. The fraction of sp³-hybridized carbons (Fsp3) is 0.667. The third-order valence-corrected chi connectivity index (χ3v) is 2.74. The van der Waals surface area contributed by atoms with Gasteiger partial charge in [-0.15, -0.1) is 0 Å². The highest BCUT2D eigenvalue weighted by Crippen LogP contribution is 2.12. The van der Waals surface area contributed by atoms with Gasteiger partial charge in [0.15, 0.2) is 0 Å². The topological polar surface area (TPSA) is 43.4 Å². The van der Waals surface area contributed by atoms with Crippen LogP contribution in [0.4, 0.5) is 0 Å². The Labute approximate surface area is 116 Å². The third kappa shape index (κ3) is 6.55. The van der Waals surface area contributed by atoms with Crippen LogP contribution >= 0.6 is 0 Å². The lowest BCUT2D eigenvalue weighted by Gasteiger charge is -2.10. The van der Waals surface area contributed by atoms with Crippen molar-refractivity contribution in [1.29, 1.82) is 0 Å². The molecule has 0 aliphatic carbocycles. The van der Waals surface area contributed by atoms with E-state index in [1.807, 2.05) is 13.0 Å². The van der Waals surface area contributed by atoms with Crippen LogP contribution in [0.5, 0.6) is 5.88 Å². The van der Waals surface area contributed by atoms with Crippen molar-refractivity contribution in [2.24, 2.45) is 0 Å². The van der Waals surface area contributed by atoms with Crippen LogP contribution in [0.3, 0.4) is 0 Å². The minimum absolute atomic E-state index is 0.555. The van der Waals surface area contributed by atoms with Gasteiger partial charge in [0.25, 0.3) is 0 Å². The highest BCUT2D eigenvalue weighted by molar-refractivity contribution is 5.24. The lowest BCUT2D eigenvalue weighted by Crippen LogP contribution is -2.15. The summed E-state index contributed by atoms with van der Waals surface area (Å²) in [5, 5.41) is 3.38. The van der Waals surface area contributed by atoms with Gasteiger partial charge in [0, 0.05) is 24.9 Å². The Morgan fingerprint density at radius 3 is 2.63 bits per heavy atom. The number of hydrogen-bond acceptors (Lipinski definition) is 4. The lowest BCUT2D eigenvalue weighted by molar-refractivity contribution is 0.0989. The summed E-state index contributed by atoms with van der Waals surface area (Å²) in [6.07, 6.45) is 2.18. The zero-order chi connectivity index (χ0) is 13.9. The smallest absolute Gasteiger partial charge is 0.213 e. The number of nitrogens with zero attached hydrogens (tertiary/aromatic N) is 1. The molecule has 0 unspecified atom stereocenters. The van der Waals surface area contributed by atoms with Crippen LogP contribution in [-0.4, -0.2) is 31.3 Å². The second-order valence-electron chi connectivity index (χ2n) is 4.53. The van der Waals surface area contributed by atoms with Crippen molar-refractivity contribution in [1.82, 2.24) is 10.3 Å². The fourth-order valence-corrected chi connectivity index (χ4v) is 1.69. The molecule has 0 fully saturated rings. The molecule has 0 atom stereocenters. The van der Waals surface area contributed by atoms with Crippen molar-refractivity contribution in [2.75, 3.05) is 26.4 Å². The van der Waals surface area contributed by atoms with Crippen molar-refractivity contribution >= 4 is 0 Å². The van der Waals surface area contributed by atoms with Gasteiger partial charge >= 0.3 is 0 Å². The van der Waals surface area contributed by atoms with E-state index in [4.69, 9.17) is 9.47 Å². The summed E-state index contributed by atoms with van der Waals surface area (Å²) in [7, 11) is 0. The van der Waals surface area contributed by atoms with Gasteiger partial charge < -0.3 is 14.8 Å². The first-order chi connectivity index (χ1) is 9.27. The van der Waals surface area contributed by atoms with Crippen molar-refractivity contribution in [3.8, 4) is 5.88 Å². The molecule has 0 aromatic carbocycles. The highest BCUT2D eigenvalue weighted by atomic mass is 16.5. The van der Waals surface area contributed by atoms with E-state index in [0.29, 0.717) is 19.1 Å². The highest BCUT2D eigenvalue weighted by Gasteiger charge is 2.02. The first-order valence-electron chi connectivity index (χ1n) is 7.15. The first kappa shape index (κ1) is 15.9. The van der Waals surface area contributed by atoms with Crippen molar-refractivity contribution < 1.29 is 9.47 Å². The zero-order valence-corrected chi connectivity index (χ0v) is 12.4. The molecule has 1 aromatic heterocycles. The maximum absolute atomic E-state index is 5.56. The van der Waals surface area contributed by atoms with Gasteiger partial charge in [0.05, 0.1) is 6.61 Å². The maximum atomic E-state index is 5.56. The molecule has 1 heterocycles. The SMILES string of the molecule is CCCNCc1ccc(OCCOCCC)nc1C. The molecule has 1 aromatic rings. The van der Waals surface area contributed by atoms with Gasteiger partial charge in [0.1, 0.15) is 6.61 Å². The molecule has 0 amide bonds. The predicted molar refractivity (Wildman–Crippen MR) is 77.6 cm³/mol. The Hall–Kier alpha value is -1.13. The molecule has 0 aliphatic heterocycles. The van der Waals surface area contributed by atoms with Crippen LogP contribution in [0.1, 0.15) is 37.9 Å². The van der Waals surface area contributed by atoms with E-state index in [0.717, 1.165) is 38.2 Å². The average Bonchev–Trinajstić information content (AvgIpc) is 2.41. The van der Waals surface area contributed by atoms with Crippen LogP contribution in [0.15, 0.2) is 12.1 Å². The molecule has 19 heavy (non-hydrogen) atoms. The van der Waals surface area contributed by atoms with Crippen LogP contribution in [0.25, 0.3) is 0 Å². The van der Waals surface area contributed by atoms with Gasteiger partial charge in [-0.25, -0.2) is 4.98 Å². The summed E-state index contributed by atoms with van der Waals surface area (Å²) in [4.78, 5) is 4.45. The van der Waals surface area contributed by atoms with Crippen LogP contribution < -0.4 is 10.1 Å². The van der Waals surface area contributed by atoms with Gasteiger partial charge in [-0.05, 0) is 31.9 Å². The Morgan fingerprint density at radius 2 is 1.95 bits per heavy atom. The van der Waals surface area contributed by atoms with Gasteiger partial charge in [-0.3, -0.25) is 0 Å². The second-order valence-corrected chi connectivity index (χ2v) is 4.53. The number of ether oxygens (including phenoxy) is 2. The van der Waals surface area contributed by atoms with Gasteiger partial charge in [-0.2, -0.15) is 0 Å². The van der Waals surface area contributed by atoms with E-state index in [1.54, 1.807) is 0 Å². The van der Waals surface area contributed by atoms with Crippen LogP contribution in [0, 0.1) is 6.92 Å². The number of aromatic nitrogens is 1. The standard InChI is InChI=1S/C15H26N2O2/c1-4-8-16-12-14-6-7-15(17-13(14)3)19-11-10-18-9-5-2/h6-7,16H,4-5,8-12H2,1-3H3. The number of aryl methyl sites for hydroxylation is 1. The number of rotatable bonds is 10. The molecule has 1 rings (SSSR count). The normalized spacial score (nSPS) is 10.7. The Balaban J connectivity index is 2.34. The summed E-state index contributed by atoms with van der Waals surface area (Å²) in [5.74, 6) is 0.678. The summed E-state index contributed by atoms with van der Waals surface area (Å²) < 4.78 is 10.9. The van der Waals surface area contributed by atoms with Crippen LogP contribution in [-0.2, 0) is 11.3 Å². The molecule has 108 valence electrons. The van der Waals surface area contributed by atoms with E-state index in [2.05, 4.69) is 30.2 Å². The third-order valence-electron chi connectivity index (χ3n) is 2.74. The second kappa shape index (κ2) is 9.75. The molecule has 1 N–H and O–H groups in total. The van der Waals surface area contributed by atoms with E-state index in [9.17, 15) is 0 Å². The number of pyridine rings is 1. The first-order valence-corrected chi connectivity index (χ1v) is 7.15. The zero-order valence-electron chi connectivity index (χ0n) is 12.4. The van der Waals surface area contributed by atoms with E-state index in [-0.39, 0.29) is 0 Å². The van der Waals surface area contributed by atoms with E-state index in [1.165, 1.54) is 5.56 Å². The Bertz CT molecular complexity index is 356. The summed E-state index contributed by atoms with van der Waals surface area (Å²) in [6, 6.07) is 4.00. The fourth-order valence-electron chi connectivity index (χ4n) is 1.69. The van der Waals surface area contributed by atoms with E-state index >= 15 is 0 Å². The quantitative estimate of drug-likeness (QED) is 0.661. The molecule has 0 radical (unpaired) electrons. The summed E-state index contributed by atoms with van der Waals surface area (Å²) in [5.41, 5.74) is 2.25. The van der Waals surface area contributed by atoms with Gasteiger partial charge in [-0.1, -0.05) is 19.9 Å². The summed E-state index contributed by atoms with van der Waals surface area (Å²) in [6.45, 7) is 10.1. The maximum Gasteiger partial charge on any atom is 0.213 e. The largest absolute Gasteiger partial charge is 0.475 e. The average molecular weight is 266 g/mol. The molecule has 4 nitrogen and oxygen atoms in total. The predicted octanol–water partition coefficient (Wildman–Crippen LogP) is 2.70. The molecule has 0 spiro atoms.